The quantitative estimate of drug-likeness (QED) is 0.0419. The highest BCUT2D eigenvalue weighted by Crippen LogP contribution is 2.29. The Morgan fingerprint density at radius 2 is 1.66 bits per heavy atom. The van der Waals surface area contributed by atoms with Gasteiger partial charge in [0, 0.05) is 5.57 Å². The molecule has 1 aromatic rings. The average Bonchev–Trinajstić information content (AvgIpc) is 2.94. The molecule has 1 aromatic carbocycles. The normalized spacial score (nSPS) is 13.0. The van der Waals surface area contributed by atoms with Crippen LogP contribution in [0.1, 0.15) is 58.9 Å². The van der Waals surface area contributed by atoms with Gasteiger partial charge in [0.15, 0.2) is 0 Å². The number of rotatable bonds is 17. The molecule has 0 aromatic heterocycles. The minimum atomic E-state index is -1.14. The van der Waals surface area contributed by atoms with Gasteiger partial charge in [-0.15, -0.1) is 11.8 Å². The van der Waals surface area contributed by atoms with E-state index >= 15 is 0 Å². The van der Waals surface area contributed by atoms with Crippen molar-refractivity contribution < 1.29 is 42.9 Å². The van der Waals surface area contributed by atoms with Gasteiger partial charge in [-0.25, -0.2) is 4.79 Å². The average molecular weight is 627 g/mol. The monoisotopic (exact) mass is 626 g/mol. The van der Waals surface area contributed by atoms with Crippen LogP contribution < -0.4 is 0 Å². The summed E-state index contributed by atoms with van der Waals surface area (Å²) in [4.78, 5) is 60.3. The number of methoxy groups -OCH3 is 1. The summed E-state index contributed by atoms with van der Waals surface area (Å²) >= 11 is 7.93. The predicted molar refractivity (Wildman–Crippen MR) is 164 cm³/mol. The molecule has 0 bridgehead atoms. The van der Waals surface area contributed by atoms with E-state index < -0.39 is 40.5 Å². The molecule has 0 aliphatic rings. The highest BCUT2D eigenvalue weighted by atomic mass is 32.2. The van der Waals surface area contributed by atoms with Crippen molar-refractivity contribution in [3.63, 3.8) is 0 Å². The Hall–Kier alpha value is -2.70. The largest absolute Gasteiger partial charge is 0.468 e. The second-order valence-electron chi connectivity index (χ2n) is 9.60. The van der Waals surface area contributed by atoms with Gasteiger partial charge in [-0.1, -0.05) is 68.2 Å². The Morgan fingerprint density at radius 3 is 2.24 bits per heavy atom. The van der Waals surface area contributed by atoms with Gasteiger partial charge < -0.3 is 18.9 Å². The van der Waals surface area contributed by atoms with Crippen LogP contribution in [0.5, 0.6) is 0 Å². The molecule has 0 fully saturated rings. The van der Waals surface area contributed by atoms with Crippen LogP contribution in [0.4, 0.5) is 0 Å². The van der Waals surface area contributed by atoms with E-state index in [1.54, 1.807) is 26.8 Å². The fraction of sp³-hybridized carbons (Fsp3) is 0.517. The summed E-state index contributed by atoms with van der Waals surface area (Å²) in [7, 11) is 1.30. The van der Waals surface area contributed by atoms with Crippen LogP contribution >= 0.6 is 35.7 Å². The second-order valence-corrected chi connectivity index (χ2v) is 13.3. The molecule has 12 heteroatoms. The predicted octanol–water partition coefficient (Wildman–Crippen LogP) is 5.39. The molecule has 0 spiro atoms. The van der Waals surface area contributed by atoms with Crippen molar-refractivity contribution in [2.45, 2.75) is 58.6 Å². The molecule has 0 aliphatic heterocycles. The fourth-order valence-corrected chi connectivity index (χ4v) is 6.19. The maximum absolute atomic E-state index is 12.9. The Bertz CT molecular complexity index is 1070. The minimum absolute atomic E-state index is 0.00435. The number of carbonyl (C=O) groups excluding carboxylic acids is 5. The Morgan fingerprint density at radius 1 is 1.02 bits per heavy atom. The molecule has 0 heterocycles. The molecule has 2 atom stereocenters. The lowest BCUT2D eigenvalue weighted by atomic mass is 9.85. The Kier molecular flexibility index (Phi) is 17.2. The number of benzene rings is 1. The number of ether oxygens (including phenoxy) is 4. The zero-order valence-corrected chi connectivity index (χ0v) is 26.5. The molecule has 0 amide bonds. The molecule has 0 aliphatic carbocycles. The fourth-order valence-electron chi connectivity index (χ4n) is 3.47. The maximum Gasteiger partial charge on any atom is 0.334 e. The van der Waals surface area contributed by atoms with E-state index in [9.17, 15) is 24.0 Å². The van der Waals surface area contributed by atoms with E-state index in [0.29, 0.717) is 16.4 Å². The molecule has 2 unspecified atom stereocenters. The van der Waals surface area contributed by atoms with Crippen LogP contribution in [0.3, 0.4) is 0 Å². The summed E-state index contributed by atoms with van der Waals surface area (Å²) in [5.74, 6) is -2.00. The van der Waals surface area contributed by atoms with Gasteiger partial charge in [0.2, 0.25) is 0 Å². The number of esters is 4. The first-order valence-corrected chi connectivity index (χ1v) is 15.4. The first-order chi connectivity index (χ1) is 19.4. The summed E-state index contributed by atoms with van der Waals surface area (Å²) in [6, 6.07) is 9.09. The van der Waals surface area contributed by atoms with Gasteiger partial charge in [0.1, 0.15) is 8.78 Å². The first-order valence-electron chi connectivity index (χ1n) is 13.1. The SMILES string of the molecule is CCSC(=S)SC(CC(C)C(=O)OCCCCOC(=O)/C(=C/c1ccccc1)CC(C)(C)C(=O)OC=O)C(=O)OC. The lowest BCUT2D eigenvalue weighted by molar-refractivity contribution is -0.159. The van der Waals surface area contributed by atoms with Crippen LogP contribution in [0, 0.1) is 11.3 Å². The highest BCUT2D eigenvalue weighted by Gasteiger charge is 2.33. The Balaban J connectivity index is 2.61. The molecule has 41 heavy (non-hydrogen) atoms. The summed E-state index contributed by atoms with van der Waals surface area (Å²) in [6.45, 7) is 7.06. The third-order valence-corrected chi connectivity index (χ3v) is 8.36. The number of hydrogen-bond donors (Lipinski definition) is 0. The van der Waals surface area contributed by atoms with Crippen molar-refractivity contribution in [1.82, 2.24) is 0 Å². The first kappa shape index (κ1) is 36.3. The molecule has 1 rings (SSSR count). The summed E-state index contributed by atoms with van der Waals surface area (Å²) in [6.07, 6.45) is 2.74. The summed E-state index contributed by atoms with van der Waals surface area (Å²) in [5.41, 5.74) is -0.144. The number of thiocarbonyl (C=S) groups is 1. The van der Waals surface area contributed by atoms with Gasteiger partial charge in [0.25, 0.3) is 0 Å². The summed E-state index contributed by atoms with van der Waals surface area (Å²) in [5, 5.41) is -0.600. The van der Waals surface area contributed by atoms with E-state index in [2.05, 4.69) is 4.74 Å². The van der Waals surface area contributed by atoms with Gasteiger partial charge in [0.05, 0.1) is 31.7 Å². The zero-order valence-electron chi connectivity index (χ0n) is 24.0. The van der Waals surface area contributed by atoms with Crippen molar-refractivity contribution in [2.75, 3.05) is 26.1 Å². The van der Waals surface area contributed by atoms with Crippen LogP contribution in [0.25, 0.3) is 6.08 Å². The molecule has 226 valence electrons. The molecular formula is C29H38O9S3. The number of thioether (sulfide) groups is 2. The lowest BCUT2D eigenvalue weighted by Gasteiger charge is -2.22. The summed E-state index contributed by atoms with van der Waals surface area (Å²) < 4.78 is 20.7. The molecule has 0 N–H and O–H groups in total. The lowest BCUT2D eigenvalue weighted by Crippen LogP contribution is -2.28. The Labute approximate surface area is 255 Å². The molecular weight excluding hydrogens is 589 g/mol. The van der Waals surface area contributed by atoms with Gasteiger partial charge in [-0.2, -0.15) is 0 Å². The number of carbonyl (C=O) groups is 5. The van der Waals surface area contributed by atoms with Crippen molar-refractivity contribution in [3.05, 3.63) is 41.5 Å². The van der Waals surface area contributed by atoms with E-state index in [1.807, 2.05) is 37.3 Å². The highest BCUT2D eigenvalue weighted by molar-refractivity contribution is 8.47. The topological polar surface area (TPSA) is 122 Å². The molecule has 0 saturated heterocycles. The standard InChI is InChI=1S/C29H38O9S3/c1-6-40-28(39)41-23(26(33)35-5)16-20(2)24(31)36-14-10-11-15-37-25(32)22(17-21-12-8-7-9-13-21)18-29(3,4)27(34)38-19-30/h7-9,12-13,17,19-20,23H,6,10-11,14-16,18H2,1-5H3/b22-17+. The number of unbranched alkanes of at least 4 members (excludes halogenated alkanes) is 1. The third kappa shape index (κ3) is 14.2. The van der Waals surface area contributed by atoms with Gasteiger partial charge in [-0.3, -0.25) is 19.2 Å². The smallest absolute Gasteiger partial charge is 0.334 e. The molecule has 0 radical (unpaired) electrons. The minimum Gasteiger partial charge on any atom is -0.468 e. The molecule has 9 nitrogen and oxygen atoms in total. The van der Waals surface area contributed by atoms with Crippen LogP contribution in [0.2, 0.25) is 0 Å². The molecule has 0 saturated carbocycles. The van der Waals surface area contributed by atoms with Crippen LogP contribution in [-0.4, -0.2) is 65.2 Å². The van der Waals surface area contributed by atoms with E-state index in [-0.39, 0.29) is 38.1 Å². The zero-order chi connectivity index (χ0) is 30.8. The van der Waals surface area contributed by atoms with Crippen molar-refractivity contribution in [3.8, 4) is 0 Å². The van der Waals surface area contributed by atoms with E-state index in [1.165, 1.54) is 30.6 Å². The maximum atomic E-state index is 12.9. The third-order valence-electron chi connectivity index (χ3n) is 5.69. The van der Waals surface area contributed by atoms with Crippen molar-refractivity contribution in [1.29, 1.82) is 0 Å². The van der Waals surface area contributed by atoms with Crippen LogP contribution in [0.15, 0.2) is 35.9 Å². The van der Waals surface area contributed by atoms with Crippen molar-refractivity contribution in [2.24, 2.45) is 11.3 Å². The van der Waals surface area contributed by atoms with E-state index in [4.69, 9.17) is 26.4 Å². The van der Waals surface area contributed by atoms with E-state index in [0.717, 1.165) is 11.3 Å². The van der Waals surface area contributed by atoms with Gasteiger partial charge in [-0.05, 0) is 56.9 Å². The number of hydrogen-bond acceptors (Lipinski definition) is 12. The van der Waals surface area contributed by atoms with Crippen molar-refractivity contribution >= 4 is 75.7 Å². The van der Waals surface area contributed by atoms with Gasteiger partial charge >= 0.3 is 30.3 Å². The second kappa shape index (κ2) is 19.4. The van der Waals surface area contributed by atoms with Crippen LogP contribution in [-0.2, 0) is 42.9 Å².